The highest BCUT2D eigenvalue weighted by Gasteiger charge is 2.10. The van der Waals surface area contributed by atoms with Gasteiger partial charge in [0.25, 0.3) is 0 Å². The lowest BCUT2D eigenvalue weighted by Gasteiger charge is -2.11. The number of benzene rings is 1. The number of anilines is 1. The molecule has 0 aliphatic rings. The second-order valence-electron chi connectivity index (χ2n) is 4.31. The van der Waals surface area contributed by atoms with Crippen molar-refractivity contribution in [2.24, 2.45) is 5.73 Å². The van der Waals surface area contributed by atoms with Gasteiger partial charge in [0.15, 0.2) is 0 Å². The maximum Gasteiger partial charge on any atom is 0.221 e. The molecule has 6 heteroatoms. The SMILES string of the molecule is CCOc1ccc(-c2cc(CN)[nH]n2)cc1NC(C)=O. The van der Waals surface area contributed by atoms with Crippen LogP contribution in [0.25, 0.3) is 11.3 Å². The molecule has 2 rings (SSSR count). The predicted molar refractivity (Wildman–Crippen MR) is 77.4 cm³/mol. The summed E-state index contributed by atoms with van der Waals surface area (Å²) >= 11 is 0. The van der Waals surface area contributed by atoms with Crippen LogP contribution in [0.3, 0.4) is 0 Å². The van der Waals surface area contributed by atoms with E-state index >= 15 is 0 Å². The molecule has 0 atom stereocenters. The molecule has 1 aromatic carbocycles. The van der Waals surface area contributed by atoms with Crippen LogP contribution in [-0.4, -0.2) is 22.7 Å². The molecule has 106 valence electrons. The summed E-state index contributed by atoms with van der Waals surface area (Å²) in [6.45, 7) is 4.30. The van der Waals surface area contributed by atoms with Crippen molar-refractivity contribution in [3.05, 3.63) is 30.0 Å². The lowest BCUT2D eigenvalue weighted by Crippen LogP contribution is -2.08. The second kappa shape index (κ2) is 6.21. The summed E-state index contributed by atoms with van der Waals surface area (Å²) in [6, 6.07) is 7.43. The number of carbonyl (C=O) groups is 1. The molecule has 0 radical (unpaired) electrons. The molecule has 0 spiro atoms. The van der Waals surface area contributed by atoms with Crippen LogP contribution in [0.15, 0.2) is 24.3 Å². The maximum atomic E-state index is 11.3. The predicted octanol–water partition coefficient (Wildman–Crippen LogP) is 1.89. The van der Waals surface area contributed by atoms with Gasteiger partial charge >= 0.3 is 0 Å². The number of rotatable bonds is 5. The molecule has 0 bridgehead atoms. The summed E-state index contributed by atoms with van der Waals surface area (Å²) in [7, 11) is 0. The minimum atomic E-state index is -0.146. The van der Waals surface area contributed by atoms with Gasteiger partial charge in [0.2, 0.25) is 5.91 Å². The van der Waals surface area contributed by atoms with E-state index in [9.17, 15) is 4.79 Å². The summed E-state index contributed by atoms with van der Waals surface area (Å²) in [5, 5.41) is 9.82. The Kier molecular flexibility index (Phi) is 4.37. The molecule has 0 aliphatic carbocycles. The maximum absolute atomic E-state index is 11.3. The summed E-state index contributed by atoms with van der Waals surface area (Å²) in [4.78, 5) is 11.3. The highest BCUT2D eigenvalue weighted by Crippen LogP contribution is 2.30. The van der Waals surface area contributed by atoms with Gasteiger partial charge in [-0.2, -0.15) is 5.10 Å². The Morgan fingerprint density at radius 2 is 2.25 bits per heavy atom. The number of hydrogen-bond acceptors (Lipinski definition) is 4. The van der Waals surface area contributed by atoms with Gasteiger partial charge in [-0.3, -0.25) is 9.89 Å². The Labute approximate surface area is 117 Å². The molecule has 0 saturated heterocycles. The molecule has 1 amide bonds. The van der Waals surface area contributed by atoms with Crippen molar-refractivity contribution >= 4 is 11.6 Å². The van der Waals surface area contributed by atoms with Gasteiger partial charge in [0.05, 0.1) is 18.0 Å². The fourth-order valence-electron chi connectivity index (χ4n) is 1.87. The molecule has 6 nitrogen and oxygen atoms in total. The Morgan fingerprint density at radius 3 is 2.85 bits per heavy atom. The second-order valence-corrected chi connectivity index (χ2v) is 4.31. The number of nitrogens with zero attached hydrogens (tertiary/aromatic N) is 1. The van der Waals surface area contributed by atoms with Gasteiger partial charge in [0, 0.05) is 24.7 Å². The van der Waals surface area contributed by atoms with Crippen molar-refractivity contribution in [3.63, 3.8) is 0 Å². The van der Waals surface area contributed by atoms with E-state index in [1.54, 1.807) is 0 Å². The number of nitrogens with one attached hydrogen (secondary N) is 2. The zero-order valence-electron chi connectivity index (χ0n) is 11.6. The van der Waals surface area contributed by atoms with Crippen LogP contribution in [0.2, 0.25) is 0 Å². The van der Waals surface area contributed by atoms with Crippen LogP contribution >= 0.6 is 0 Å². The van der Waals surface area contributed by atoms with Crippen molar-refractivity contribution in [2.75, 3.05) is 11.9 Å². The first kappa shape index (κ1) is 14.1. The number of aromatic amines is 1. The topological polar surface area (TPSA) is 93.0 Å². The molecule has 0 saturated carbocycles. The molecule has 0 unspecified atom stereocenters. The highest BCUT2D eigenvalue weighted by molar-refractivity contribution is 5.91. The number of hydrogen-bond donors (Lipinski definition) is 3. The Morgan fingerprint density at radius 1 is 1.45 bits per heavy atom. The van der Waals surface area contributed by atoms with Crippen molar-refractivity contribution in [1.29, 1.82) is 0 Å². The lowest BCUT2D eigenvalue weighted by atomic mass is 10.1. The average Bonchev–Trinajstić information content (AvgIpc) is 2.89. The Hall–Kier alpha value is -2.34. The van der Waals surface area contributed by atoms with Crippen molar-refractivity contribution in [3.8, 4) is 17.0 Å². The molecule has 1 heterocycles. The third-order valence-corrected chi connectivity index (χ3v) is 2.74. The number of H-pyrrole nitrogens is 1. The third kappa shape index (κ3) is 3.16. The van der Waals surface area contributed by atoms with Gasteiger partial charge in [-0.05, 0) is 31.2 Å². The van der Waals surface area contributed by atoms with Crippen LogP contribution in [-0.2, 0) is 11.3 Å². The van der Waals surface area contributed by atoms with Gasteiger partial charge < -0.3 is 15.8 Å². The first-order valence-corrected chi connectivity index (χ1v) is 6.43. The van der Waals surface area contributed by atoms with E-state index in [1.165, 1.54) is 6.92 Å². The van der Waals surface area contributed by atoms with Gasteiger partial charge in [-0.1, -0.05) is 0 Å². The summed E-state index contributed by atoms with van der Waals surface area (Å²) in [5.41, 5.74) is 8.70. The molecule has 0 fully saturated rings. The third-order valence-electron chi connectivity index (χ3n) is 2.74. The van der Waals surface area contributed by atoms with E-state index in [0.717, 1.165) is 17.0 Å². The molecular formula is C14H18N4O2. The number of ether oxygens (including phenoxy) is 1. The normalized spacial score (nSPS) is 10.3. The van der Waals surface area contributed by atoms with E-state index < -0.39 is 0 Å². The minimum absolute atomic E-state index is 0.146. The van der Waals surface area contributed by atoms with E-state index in [2.05, 4.69) is 15.5 Å². The molecule has 20 heavy (non-hydrogen) atoms. The standard InChI is InChI=1S/C14H18N4O2/c1-3-20-14-5-4-10(6-13(14)16-9(2)19)12-7-11(8-15)17-18-12/h4-7H,3,8,15H2,1-2H3,(H,16,19)(H,17,18). The number of nitrogens with two attached hydrogens (primary N) is 1. The van der Waals surface area contributed by atoms with Crippen LogP contribution < -0.4 is 15.8 Å². The first-order valence-electron chi connectivity index (χ1n) is 6.43. The average molecular weight is 274 g/mol. The van der Waals surface area contributed by atoms with Crippen molar-refractivity contribution in [2.45, 2.75) is 20.4 Å². The molecule has 2 aromatic rings. The van der Waals surface area contributed by atoms with Gasteiger partial charge in [-0.25, -0.2) is 0 Å². The lowest BCUT2D eigenvalue weighted by molar-refractivity contribution is -0.114. The van der Waals surface area contributed by atoms with E-state index in [0.29, 0.717) is 24.6 Å². The fourth-order valence-corrected chi connectivity index (χ4v) is 1.87. The molecule has 4 N–H and O–H groups in total. The van der Waals surface area contributed by atoms with Crippen molar-refractivity contribution < 1.29 is 9.53 Å². The number of aromatic nitrogens is 2. The number of amides is 1. The monoisotopic (exact) mass is 274 g/mol. The van der Waals surface area contributed by atoms with Crippen LogP contribution in [0.1, 0.15) is 19.5 Å². The Balaban J connectivity index is 2.37. The summed E-state index contributed by atoms with van der Waals surface area (Å²) < 4.78 is 5.49. The first-order chi connectivity index (χ1) is 9.63. The summed E-state index contributed by atoms with van der Waals surface area (Å²) in [5.74, 6) is 0.494. The van der Waals surface area contributed by atoms with Crippen molar-refractivity contribution in [1.82, 2.24) is 10.2 Å². The zero-order valence-corrected chi connectivity index (χ0v) is 11.6. The molecular weight excluding hydrogens is 256 g/mol. The van der Waals surface area contributed by atoms with Gasteiger partial charge in [-0.15, -0.1) is 0 Å². The van der Waals surface area contributed by atoms with E-state index in [1.807, 2.05) is 31.2 Å². The number of carbonyl (C=O) groups excluding carboxylic acids is 1. The molecule has 1 aromatic heterocycles. The fraction of sp³-hybridized carbons (Fsp3) is 0.286. The van der Waals surface area contributed by atoms with E-state index in [-0.39, 0.29) is 5.91 Å². The van der Waals surface area contributed by atoms with E-state index in [4.69, 9.17) is 10.5 Å². The zero-order chi connectivity index (χ0) is 14.5. The smallest absolute Gasteiger partial charge is 0.221 e. The molecule has 0 aliphatic heterocycles. The Bertz CT molecular complexity index is 607. The quantitative estimate of drug-likeness (QED) is 0.776. The van der Waals surface area contributed by atoms with Crippen LogP contribution in [0.5, 0.6) is 5.75 Å². The minimum Gasteiger partial charge on any atom is -0.492 e. The summed E-state index contributed by atoms with van der Waals surface area (Å²) in [6.07, 6.45) is 0. The largest absolute Gasteiger partial charge is 0.492 e. The van der Waals surface area contributed by atoms with Crippen LogP contribution in [0.4, 0.5) is 5.69 Å². The van der Waals surface area contributed by atoms with Gasteiger partial charge in [0.1, 0.15) is 5.75 Å². The highest BCUT2D eigenvalue weighted by atomic mass is 16.5. The van der Waals surface area contributed by atoms with Crippen LogP contribution in [0, 0.1) is 0 Å².